The first-order valence-corrected chi connectivity index (χ1v) is 3.12. The summed E-state index contributed by atoms with van der Waals surface area (Å²) in [6, 6.07) is 0. The minimum atomic E-state index is -0.413. The zero-order valence-electron chi connectivity index (χ0n) is 5.26. The molecule has 0 aromatic heterocycles. The molecule has 0 heterocycles. The van der Waals surface area contributed by atoms with Crippen molar-refractivity contribution >= 4 is 17.6 Å². The molecule has 0 aliphatic rings. The average Bonchev–Trinajstić information content (AvgIpc) is 1.87. The lowest BCUT2D eigenvalue weighted by Gasteiger charge is -2.05. The zero-order chi connectivity index (χ0) is 7.28. The van der Waals surface area contributed by atoms with Gasteiger partial charge < -0.3 is 4.74 Å². The number of carbonyl (C=O) groups excluding carboxylic acids is 1. The molecule has 0 N–H and O–H groups in total. The van der Waals surface area contributed by atoms with E-state index in [9.17, 15) is 4.79 Å². The highest BCUT2D eigenvalue weighted by Gasteiger charge is 2.02. The number of hydrogen-bond acceptors (Lipinski definition) is 2. The van der Waals surface area contributed by atoms with E-state index in [-0.39, 0.29) is 12.0 Å². The first-order valence-electron chi connectivity index (χ1n) is 2.58. The van der Waals surface area contributed by atoms with E-state index >= 15 is 0 Å². The predicted octanol–water partition coefficient (Wildman–Crippen LogP) is 1.34. The maximum absolute atomic E-state index is 10.4. The second kappa shape index (κ2) is 4.39. The van der Waals surface area contributed by atoms with Crippen LogP contribution in [-0.4, -0.2) is 18.0 Å². The molecule has 0 fully saturated rings. The molecule has 0 spiro atoms. The second-order valence-electron chi connectivity index (χ2n) is 1.56. The Morgan fingerprint density at radius 1 is 2.00 bits per heavy atom. The molecule has 1 unspecified atom stereocenters. The van der Waals surface area contributed by atoms with Gasteiger partial charge in [0.1, 0.15) is 12.0 Å². The van der Waals surface area contributed by atoms with Crippen LogP contribution in [0.25, 0.3) is 0 Å². The summed E-state index contributed by atoms with van der Waals surface area (Å²) in [5, 5.41) is 0. The molecule has 52 valence electrons. The fourth-order valence-electron chi connectivity index (χ4n) is 0.287. The van der Waals surface area contributed by atoms with Gasteiger partial charge >= 0.3 is 5.97 Å². The van der Waals surface area contributed by atoms with E-state index in [1.165, 1.54) is 6.08 Å². The average molecular weight is 149 g/mol. The fourth-order valence-corrected chi connectivity index (χ4v) is 0.350. The molecule has 0 radical (unpaired) electrons. The maximum atomic E-state index is 10.4. The molecule has 0 saturated carbocycles. The molecule has 0 aliphatic heterocycles. The third-order valence-corrected chi connectivity index (χ3v) is 0.977. The summed E-state index contributed by atoms with van der Waals surface area (Å²) in [6.45, 7) is 5.15. The van der Waals surface area contributed by atoms with Gasteiger partial charge in [0.15, 0.2) is 0 Å². The monoisotopic (exact) mass is 148 g/mol. The quantitative estimate of drug-likeness (QED) is 0.343. The number of carbonyl (C=O) groups is 1. The van der Waals surface area contributed by atoms with Crippen LogP contribution in [0.2, 0.25) is 0 Å². The lowest BCUT2D eigenvalue weighted by molar-refractivity contribution is -0.142. The van der Waals surface area contributed by atoms with Crippen molar-refractivity contribution in [1.29, 1.82) is 0 Å². The van der Waals surface area contributed by atoms with Gasteiger partial charge in [0.05, 0.1) is 0 Å². The Morgan fingerprint density at radius 3 is 2.89 bits per heavy atom. The van der Waals surface area contributed by atoms with Crippen LogP contribution in [0.1, 0.15) is 6.92 Å². The van der Waals surface area contributed by atoms with Gasteiger partial charge in [0, 0.05) is 0 Å². The topological polar surface area (TPSA) is 26.3 Å². The van der Waals surface area contributed by atoms with E-state index in [4.69, 9.17) is 11.6 Å². The predicted molar refractivity (Wildman–Crippen MR) is 36.5 cm³/mol. The largest absolute Gasteiger partial charge is 0.458 e. The summed E-state index contributed by atoms with van der Waals surface area (Å²) < 4.78 is 4.66. The van der Waals surface area contributed by atoms with Crippen molar-refractivity contribution < 1.29 is 9.53 Å². The molecule has 0 amide bonds. The van der Waals surface area contributed by atoms with E-state index in [2.05, 4.69) is 11.3 Å². The summed E-state index contributed by atoms with van der Waals surface area (Å²) in [7, 11) is 0. The molecular formula is C6H9ClO2. The van der Waals surface area contributed by atoms with Gasteiger partial charge in [-0.1, -0.05) is 12.7 Å². The first kappa shape index (κ1) is 8.50. The van der Waals surface area contributed by atoms with Crippen LogP contribution in [0.3, 0.4) is 0 Å². The second-order valence-corrected chi connectivity index (χ2v) is 1.83. The Labute approximate surface area is 59.5 Å². The first-order chi connectivity index (χ1) is 4.20. The summed E-state index contributed by atoms with van der Waals surface area (Å²) in [6.07, 6.45) is 1.29. The summed E-state index contributed by atoms with van der Waals surface area (Å²) in [4.78, 5) is 10.4. The number of alkyl halides is 1. The van der Waals surface area contributed by atoms with E-state index in [1.807, 2.05) is 0 Å². The van der Waals surface area contributed by atoms with Gasteiger partial charge in [0.2, 0.25) is 0 Å². The minimum absolute atomic E-state index is 0.0990. The SMILES string of the molecule is C=CC(C)OC(=O)CCl. The zero-order valence-corrected chi connectivity index (χ0v) is 6.02. The van der Waals surface area contributed by atoms with Crippen molar-refractivity contribution in [1.82, 2.24) is 0 Å². The van der Waals surface area contributed by atoms with Gasteiger partial charge in [-0.15, -0.1) is 11.6 Å². The van der Waals surface area contributed by atoms with Crippen molar-refractivity contribution in [2.75, 3.05) is 5.88 Å². The number of halogens is 1. The Balaban J connectivity index is 3.46. The number of hydrogen-bond donors (Lipinski definition) is 0. The van der Waals surface area contributed by atoms with Gasteiger partial charge in [-0.05, 0) is 6.92 Å². The van der Waals surface area contributed by atoms with E-state index < -0.39 is 5.97 Å². The molecule has 3 heteroatoms. The summed E-state index contributed by atoms with van der Waals surface area (Å²) in [5.41, 5.74) is 0. The van der Waals surface area contributed by atoms with Crippen LogP contribution >= 0.6 is 11.6 Å². The summed E-state index contributed by atoms with van der Waals surface area (Å²) >= 11 is 5.14. The number of ether oxygens (including phenoxy) is 1. The van der Waals surface area contributed by atoms with Crippen molar-refractivity contribution in [3.05, 3.63) is 12.7 Å². The van der Waals surface area contributed by atoms with Crippen molar-refractivity contribution in [3.8, 4) is 0 Å². The van der Waals surface area contributed by atoms with Crippen LogP contribution in [-0.2, 0) is 9.53 Å². The van der Waals surface area contributed by atoms with Crippen LogP contribution in [0.15, 0.2) is 12.7 Å². The van der Waals surface area contributed by atoms with Crippen LogP contribution in [0, 0.1) is 0 Å². The lowest BCUT2D eigenvalue weighted by Crippen LogP contribution is -2.12. The molecule has 0 bridgehead atoms. The highest BCUT2D eigenvalue weighted by molar-refractivity contribution is 6.26. The lowest BCUT2D eigenvalue weighted by atomic mass is 10.4. The highest BCUT2D eigenvalue weighted by Crippen LogP contribution is 1.92. The van der Waals surface area contributed by atoms with Crippen LogP contribution < -0.4 is 0 Å². The Bertz CT molecular complexity index is 112. The van der Waals surface area contributed by atoms with Crippen molar-refractivity contribution in [2.24, 2.45) is 0 Å². The van der Waals surface area contributed by atoms with Crippen LogP contribution in [0.5, 0.6) is 0 Å². The fraction of sp³-hybridized carbons (Fsp3) is 0.500. The standard InChI is InChI=1S/C6H9ClO2/c1-3-5(2)9-6(8)4-7/h3,5H,1,4H2,2H3. The highest BCUT2D eigenvalue weighted by atomic mass is 35.5. The maximum Gasteiger partial charge on any atom is 0.321 e. The van der Waals surface area contributed by atoms with E-state index in [0.29, 0.717) is 0 Å². The molecule has 2 nitrogen and oxygen atoms in total. The molecular weight excluding hydrogens is 140 g/mol. The molecule has 0 aliphatic carbocycles. The Morgan fingerprint density at radius 2 is 2.56 bits per heavy atom. The Hall–Kier alpha value is -0.500. The van der Waals surface area contributed by atoms with Gasteiger partial charge in [-0.2, -0.15) is 0 Å². The molecule has 1 atom stereocenters. The normalized spacial score (nSPS) is 12.2. The summed E-state index contributed by atoms with van der Waals surface area (Å²) in [5.74, 6) is -0.512. The third-order valence-electron chi connectivity index (χ3n) is 0.758. The van der Waals surface area contributed by atoms with Crippen LogP contribution in [0.4, 0.5) is 0 Å². The Kier molecular flexibility index (Phi) is 4.14. The molecule has 0 aromatic rings. The molecule has 0 saturated heterocycles. The number of esters is 1. The smallest absolute Gasteiger partial charge is 0.321 e. The van der Waals surface area contributed by atoms with E-state index in [0.717, 1.165) is 0 Å². The van der Waals surface area contributed by atoms with Gasteiger partial charge in [0.25, 0.3) is 0 Å². The third kappa shape index (κ3) is 4.03. The van der Waals surface area contributed by atoms with Crippen molar-refractivity contribution in [3.63, 3.8) is 0 Å². The molecule has 0 rings (SSSR count). The van der Waals surface area contributed by atoms with Crippen molar-refractivity contribution in [2.45, 2.75) is 13.0 Å². The van der Waals surface area contributed by atoms with E-state index in [1.54, 1.807) is 6.92 Å². The minimum Gasteiger partial charge on any atom is -0.458 e. The number of rotatable bonds is 3. The molecule has 0 aromatic carbocycles. The van der Waals surface area contributed by atoms with Gasteiger partial charge in [-0.25, -0.2) is 0 Å². The molecule has 9 heavy (non-hydrogen) atoms. The van der Waals surface area contributed by atoms with Gasteiger partial charge in [-0.3, -0.25) is 4.79 Å².